The van der Waals surface area contributed by atoms with Gasteiger partial charge >= 0.3 is 0 Å². The topological polar surface area (TPSA) is 50.1 Å². The van der Waals surface area contributed by atoms with Crippen LogP contribution in [0.4, 0.5) is 0 Å². The van der Waals surface area contributed by atoms with Gasteiger partial charge in [0.2, 0.25) is 0 Å². The molecule has 0 spiro atoms. The normalized spacial score (nSPS) is 15.3. The van der Waals surface area contributed by atoms with Crippen LogP contribution >= 0.6 is 0 Å². The fraction of sp³-hybridized carbons (Fsp3) is 0.300. The average molecular weight is 350 g/mol. The molecule has 26 heavy (non-hydrogen) atoms. The highest BCUT2D eigenvalue weighted by Gasteiger charge is 2.24. The van der Waals surface area contributed by atoms with E-state index < -0.39 is 0 Å². The van der Waals surface area contributed by atoms with Gasteiger partial charge in [-0.1, -0.05) is 18.2 Å². The molecule has 1 aliphatic rings. The number of benzene rings is 1. The highest BCUT2D eigenvalue weighted by atomic mass is 16.5. The number of piperazine rings is 1. The maximum atomic E-state index is 12.8. The van der Waals surface area contributed by atoms with Crippen LogP contribution in [0.3, 0.4) is 0 Å². The number of pyridine rings is 1. The van der Waals surface area contributed by atoms with E-state index in [4.69, 9.17) is 4.74 Å². The van der Waals surface area contributed by atoms with Crippen molar-refractivity contribution in [1.29, 1.82) is 0 Å². The van der Waals surface area contributed by atoms with Crippen LogP contribution in [0, 0.1) is 0 Å². The molecule has 0 unspecified atom stereocenters. The van der Waals surface area contributed by atoms with E-state index >= 15 is 0 Å². The number of carbonyl (C=O) groups is 1. The molecule has 1 aliphatic heterocycles. The van der Waals surface area contributed by atoms with Crippen molar-refractivity contribution >= 4 is 11.6 Å². The fourth-order valence-corrected chi connectivity index (χ4v) is 3.39. The molecule has 4 rings (SSSR count). The first-order chi connectivity index (χ1) is 12.7. The summed E-state index contributed by atoms with van der Waals surface area (Å²) in [6.45, 7) is 3.91. The SMILES string of the molecule is COc1ccccc1C(=O)N1CCN(Cc2cn3ccccc3n2)CC1. The molecule has 6 heteroatoms. The van der Waals surface area contributed by atoms with Gasteiger partial charge < -0.3 is 14.0 Å². The van der Waals surface area contributed by atoms with Gasteiger partial charge in [0.1, 0.15) is 11.4 Å². The molecule has 0 saturated carbocycles. The van der Waals surface area contributed by atoms with Crippen LogP contribution in [0.15, 0.2) is 54.9 Å². The Morgan fingerprint density at radius 3 is 2.62 bits per heavy atom. The molecule has 0 N–H and O–H groups in total. The van der Waals surface area contributed by atoms with Crippen molar-refractivity contribution in [2.24, 2.45) is 0 Å². The molecule has 6 nitrogen and oxygen atoms in total. The highest BCUT2D eigenvalue weighted by molar-refractivity contribution is 5.97. The first-order valence-electron chi connectivity index (χ1n) is 8.82. The highest BCUT2D eigenvalue weighted by Crippen LogP contribution is 2.20. The Morgan fingerprint density at radius 1 is 1.08 bits per heavy atom. The maximum Gasteiger partial charge on any atom is 0.257 e. The van der Waals surface area contributed by atoms with E-state index in [2.05, 4.69) is 16.1 Å². The monoisotopic (exact) mass is 350 g/mol. The predicted octanol–water partition coefficient (Wildman–Crippen LogP) is 2.30. The zero-order valence-corrected chi connectivity index (χ0v) is 14.8. The third kappa shape index (κ3) is 3.28. The number of methoxy groups -OCH3 is 1. The molecule has 1 amide bonds. The average Bonchev–Trinajstić information content (AvgIpc) is 3.10. The molecule has 1 fully saturated rings. The van der Waals surface area contributed by atoms with Crippen molar-refractivity contribution < 1.29 is 9.53 Å². The number of nitrogens with zero attached hydrogens (tertiary/aromatic N) is 4. The number of fused-ring (bicyclic) bond motifs is 1. The van der Waals surface area contributed by atoms with Crippen molar-refractivity contribution in [2.75, 3.05) is 33.3 Å². The second-order valence-electron chi connectivity index (χ2n) is 6.47. The predicted molar refractivity (Wildman–Crippen MR) is 99.4 cm³/mol. The molecule has 0 atom stereocenters. The van der Waals surface area contributed by atoms with Crippen molar-refractivity contribution in [3.8, 4) is 5.75 Å². The molecule has 0 radical (unpaired) electrons. The van der Waals surface area contributed by atoms with Crippen molar-refractivity contribution in [1.82, 2.24) is 19.2 Å². The number of carbonyl (C=O) groups excluding carboxylic acids is 1. The van der Waals surface area contributed by atoms with E-state index in [1.54, 1.807) is 7.11 Å². The summed E-state index contributed by atoms with van der Waals surface area (Å²) in [7, 11) is 1.60. The number of ether oxygens (including phenoxy) is 1. The Hall–Kier alpha value is -2.86. The lowest BCUT2D eigenvalue weighted by molar-refractivity contribution is 0.0624. The number of para-hydroxylation sites is 1. The minimum absolute atomic E-state index is 0.0369. The summed E-state index contributed by atoms with van der Waals surface area (Å²) in [6, 6.07) is 13.4. The van der Waals surface area contributed by atoms with Crippen LogP contribution in [-0.4, -0.2) is 58.4 Å². The van der Waals surface area contributed by atoms with Gasteiger partial charge in [-0.3, -0.25) is 9.69 Å². The number of hydrogen-bond donors (Lipinski definition) is 0. The van der Waals surface area contributed by atoms with Crippen LogP contribution in [0.2, 0.25) is 0 Å². The number of hydrogen-bond acceptors (Lipinski definition) is 4. The third-order valence-corrected chi connectivity index (χ3v) is 4.80. The number of amides is 1. The largest absolute Gasteiger partial charge is 0.496 e. The van der Waals surface area contributed by atoms with E-state index in [1.165, 1.54) is 0 Å². The molecule has 0 bridgehead atoms. The number of aromatic nitrogens is 2. The second kappa shape index (κ2) is 7.17. The van der Waals surface area contributed by atoms with E-state index in [-0.39, 0.29) is 5.91 Å². The smallest absolute Gasteiger partial charge is 0.257 e. The number of rotatable bonds is 4. The van der Waals surface area contributed by atoms with Gasteiger partial charge in [0.15, 0.2) is 0 Å². The molecule has 134 valence electrons. The quantitative estimate of drug-likeness (QED) is 0.724. The zero-order valence-electron chi connectivity index (χ0n) is 14.8. The van der Waals surface area contributed by atoms with Gasteiger partial charge in [-0.05, 0) is 24.3 Å². The Morgan fingerprint density at radius 2 is 1.85 bits per heavy atom. The minimum Gasteiger partial charge on any atom is -0.496 e. The summed E-state index contributed by atoms with van der Waals surface area (Å²) >= 11 is 0. The van der Waals surface area contributed by atoms with Crippen molar-refractivity contribution in [3.63, 3.8) is 0 Å². The lowest BCUT2D eigenvalue weighted by Gasteiger charge is -2.34. The first-order valence-corrected chi connectivity index (χ1v) is 8.82. The summed E-state index contributed by atoms with van der Waals surface area (Å²) in [6.07, 6.45) is 4.08. The van der Waals surface area contributed by atoms with Gasteiger partial charge in [0.05, 0.1) is 18.4 Å². The Kier molecular flexibility index (Phi) is 4.58. The van der Waals surface area contributed by atoms with Crippen LogP contribution in [-0.2, 0) is 6.54 Å². The van der Waals surface area contributed by atoms with Crippen molar-refractivity contribution in [3.05, 3.63) is 66.1 Å². The Bertz CT molecular complexity index is 880. The molecule has 2 aromatic heterocycles. The summed E-state index contributed by atoms with van der Waals surface area (Å²) in [5.41, 5.74) is 2.65. The van der Waals surface area contributed by atoms with Crippen molar-refractivity contribution in [2.45, 2.75) is 6.54 Å². The summed E-state index contributed by atoms with van der Waals surface area (Å²) < 4.78 is 7.36. The van der Waals surface area contributed by atoms with Gasteiger partial charge in [0, 0.05) is 45.1 Å². The van der Waals surface area contributed by atoms with E-state index in [9.17, 15) is 4.79 Å². The minimum atomic E-state index is 0.0369. The summed E-state index contributed by atoms with van der Waals surface area (Å²) in [4.78, 5) is 21.7. The van der Waals surface area contributed by atoms with E-state index in [1.807, 2.05) is 58.0 Å². The lowest BCUT2D eigenvalue weighted by Crippen LogP contribution is -2.48. The van der Waals surface area contributed by atoms with Gasteiger partial charge in [-0.25, -0.2) is 4.98 Å². The molecule has 0 aliphatic carbocycles. The maximum absolute atomic E-state index is 12.8. The fourth-order valence-electron chi connectivity index (χ4n) is 3.39. The van der Waals surface area contributed by atoms with Gasteiger partial charge in [-0.2, -0.15) is 0 Å². The molecule has 1 saturated heterocycles. The van der Waals surface area contributed by atoms with Crippen LogP contribution in [0.5, 0.6) is 5.75 Å². The molecule has 1 aromatic carbocycles. The third-order valence-electron chi connectivity index (χ3n) is 4.80. The zero-order chi connectivity index (χ0) is 17.9. The Balaban J connectivity index is 1.38. The first kappa shape index (κ1) is 16.6. The van der Waals surface area contributed by atoms with E-state index in [0.717, 1.165) is 31.0 Å². The molecule has 3 aromatic rings. The number of imidazole rings is 1. The molecular weight excluding hydrogens is 328 g/mol. The van der Waals surface area contributed by atoms with Gasteiger partial charge in [-0.15, -0.1) is 0 Å². The standard InChI is InChI=1S/C20H22N4O2/c1-26-18-7-3-2-6-17(18)20(25)23-12-10-22(11-13-23)14-16-15-24-9-5-4-8-19(24)21-16/h2-9,15H,10-14H2,1H3. The Labute approximate surface area is 152 Å². The lowest BCUT2D eigenvalue weighted by atomic mass is 10.1. The van der Waals surface area contributed by atoms with Crippen LogP contribution in [0.25, 0.3) is 5.65 Å². The second-order valence-corrected chi connectivity index (χ2v) is 6.47. The summed E-state index contributed by atoms with van der Waals surface area (Å²) in [5, 5.41) is 0. The van der Waals surface area contributed by atoms with Crippen LogP contribution < -0.4 is 4.74 Å². The van der Waals surface area contributed by atoms with E-state index in [0.29, 0.717) is 24.4 Å². The summed E-state index contributed by atoms with van der Waals surface area (Å²) in [5.74, 6) is 0.666. The van der Waals surface area contributed by atoms with Crippen LogP contribution in [0.1, 0.15) is 16.1 Å². The molecule has 3 heterocycles. The molecular formula is C20H22N4O2. The van der Waals surface area contributed by atoms with Gasteiger partial charge in [0.25, 0.3) is 5.91 Å².